The summed E-state index contributed by atoms with van der Waals surface area (Å²) in [6.07, 6.45) is 2.17. The van der Waals surface area contributed by atoms with E-state index in [-0.39, 0.29) is 12.5 Å². The molecule has 0 unspecified atom stereocenters. The van der Waals surface area contributed by atoms with Crippen LogP contribution in [-0.2, 0) is 28.9 Å². The Labute approximate surface area is 209 Å². The van der Waals surface area contributed by atoms with E-state index in [4.69, 9.17) is 9.47 Å². The van der Waals surface area contributed by atoms with Crippen LogP contribution >= 0.6 is 11.9 Å². The van der Waals surface area contributed by atoms with Gasteiger partial charge in [-0.2, -0.15) is 0 Å². The summed E-state index contributed by atoms with van der Waals surface area (Å²) in [5.41, 5.74) is 6.42. The molecule has 0 atom stereocenters. The standard InChI is InChI=1S/C27H39N3O3S/c1-20-15-25(32-6)16-21(2)27(20)34-30(5)13-14-33-19-26(31)29(4)18-22-7-8-23-9-11-28(3)12-10-24(23)17-22/h7-8,15-17H,9-14,18-19H2,1-6H3. The van der Waals surface area contributed by atoms with E-state index in [1.54, 1.807) is 24.0 Å². The van der Waals surface area contributed by atoms with Gasteiger partial charge in [0, 0.05) is 38.1 Å². The summed E-state index contributed by atoms with van der Waals surface area (Å²) in [6.45, 7) is 8.33. The zero-order valence-electron chi connectivity index (χ0n) is 21.5. The lowest BCUT2D eigenvalue weighted by molar-refractivity contribution is -0.135. The largest absolute Gasteiger partial charge is 0.497 e. The summed E-state index contributed by atoms with van der Waals surface area (Å²) >= 11 is 1.70. The molecule has 1 aliphatic heterocycles. The van der Waals surface area contributed by atoms with Gasteiger partial charge in [-0.05, 0) is 92.7 Å². The molecule has 34 heavy (non-hydrogen) atoms. The Kier molecular flexibility index (Phi) is 9.83. The molecule has 0 saturated heterocycles. The van der Waals surface area contributed by atoms with E-state index >= 15 is 0 Å². The third kappa shape index (κ3) is 7.47. The molecule has 2 aromatic carbocycles. The molecule has 1 heterocycles. The van der Waals surface area contributed by atoms with Crippen molar-refractivity contribution < 1.29 is 14.3 Å². The van der Waals surface area contributed by atoms with Gasteiger partial charge in [0.25, 0.3) is 0 Å². The highest BCUT2D eigenvalue weighted by atomic mass is 32.2. The Morgan fingerprint density at radius 2 is 1.74 bits per heavy atom. The maximum atomic E-state index is 12.6. The number of ether oxygens (including phenoxy) is 2. The second-order valence-corrected chi connectivity index (χ2v) is 10.5. The number of fused-ring (bicyclic) bond motifs is 1. The highest BCUT2D eigenvalue weighted by Crippen LogP contribution is 2.31. The minimum atomic E-state index is 0.00632. The molecule has 0 spiro atoms. The number of likely N-dealkylation sites (N-methyl/N-ethyl adjacent to an activating group) is 3. The number of aryl methyl sites for hydroxylation is 2. The monoisotopic (exact) mass is 485 g/mol. The molecule has 0 radical (unpaired) electrons. The van der Waals surface area contributed by atoms with Gasteiger partial charge in [0.05, 0.1) is 13.7 Å². The smallest absolute Gasteiger partial charge is 0.248 e. The van der Waals surface area contributed by atoms with Crippen LogP contribution in [0.4, 0.5) is 0 Å². The van der Waals surface area contributed by atoms with E-state index < -0.39 is 0 Å². The molecule has 0 bridgehead atoms. The molecule has 3 rings (SSSR count). The maximum absolute atomic E-state index is 12.6. The molecule has 1 amide bonds. The predicted octanol–water partition coefficient (Wildman–Crippen LogP) is 3.96. The number of hydrogen-bond donors (Lipinski definition) is 0. The third-order valence-corrected chi connectivity index (χ3v) is 7.66. The van der Waals surface area contributed by atoms with Crippen molar-refractivity contribution >= 4 is 17.9 Å². The third-order valence-electron chi connectivity index (χ3n) is 6.33. The van der Waals surface area contributed by atoms with Crippen LogP contribution in [0.1, 0.15) is 27.8 Å². The van der Waals surface area contributed by atoms with E-state index in [1.165, 1.54) is 32.7 Å². The van der Waals surface area contributed by atoms with Gasteiger partial charge in [-0.1, -0.05) is 18.2 Å². The molecular formula is C27H39N3O3S. The molecule has 1 aliphatic rings. The van der Waals surface area contributed by atoms with E-state index in [2.05, 4.69) is 60.4 Å². The lowest BCUT2D eigenvalue weighted by Crippen LogP contribution is -2.31. The number of methoxy groups -OCH3 is 1. The molecule has 0 fully saturated rings. The number of benzene rings is 2. The Balaban J connectivity index is 1.41. The van der Waals surface area contributed by atoms with E-state index in [0.29, 0.717) is 13.2 Å². The molecular weight excluding hydrogens is 446 g/mol. The van der Waals surface area contributed by atoms with Crippen LogP contribution in [0.25, 0.3) is 0 Å². The van der Waals surface area contributed by atoms with E-state index in [9.17, 15) is 4.79 Å². The lowest BCUT2D eigenvalue weighted by atomic mass is 10.00. The number of carbonyl (C=O) groups is 1. The molecule has 186 valence electrons. The number of carbonyl (C=O) groups excluding carboxylic acids is 1. The van der Waals surface area contributed by atoms with Crippen LogP contribution in [0.3, 0.4) is 0 Å². The fraction of sp³-hybridized carbons (Fsp3) is 0.519. The van der Waals surface area contributed by atoms with Crippen LogP contribution in [0, 0.1) is 13.8 Å². The second kappa shape index (κ2) is 12.6. The van der Waals surface area contributed by atoms with Crippen LogP contribution in [0.2, 0.25) is 0 Å². The maximum Gasteiger partial charge on any atom is 0.248 e. The zero-order chi connectivity index (χ0) is 24.7. The highest BCUT2D eigenvalue weighted by Gasteiger charge is 2.15. The fourth-order valence-corrected chi connectivity index (χ4v) is 5.07. The highest BCUT2D eigenvalue weighted by molar-refractivity contribution is 7.97. The van der Waals surface area contributed by atoms with Gasteiger partial charge in [0.1, 0.15) is 12.4 Å². The van der Waals surface area contributed by atoms with Gasteiger partial charge in [0.15, 0.2) is 0 Å². The summed E-state index contributed by atoms with van der Waals surface area (Å²) in [6, 6.07) is 10.8. The minimum Gasteiger partial charge on any atom is -0.497 e. The summed E-state index contributed by atoms with van der Waals surface area (Å²) in [4.78, 5) is 17.9. The van der Waals surface area contributed by atoms with Gasteiger partial charge in [-0.25, -0.2) is 4.31 Å². The average Bonchev–Trinajstić information content (AvgIpc) is 2.99. The normalized spacial score (nSPS) is 14.1. The van der Waals surface area contributed by atoms with Crippen LogP contribution in [0.15, 0.2) is 35.2 Å². The fourth-order valence-electron chi connectivity index (χ4n) is 4.19. The Hall–Kier alpha value is -2.06. The van der Waals surface area contributed by atoms with Crippen LogP contribution in [-0.4, -0.2) is 81.1 Å². The van der Waals surface area contributed by atoms with Crippen molar-refractivity contribution in [1.82, 2.24) is 14.1 Å². The summed E-state index contributed by atoms with van der Waals surface area (Å²) in [5.74, 6) is 0.887. The number of nitrogens with zero attached hydrogens (tertiary/aromatic N) is 3. The Morgan fingerprint density at radius 1 is 1.06 bits per heavy atom. The van der Waals surface area contributed by atoms with Crippen molar-refractivity contribution in [2.75, 3.05) is 61.1 Å². The van der Waals surface area contributed by atoms with E-state index in [0.717, 1.165) is 38.2 Å². The zero-order valence-corrected chi connectivity index (χ0v) is 22.3. The van der Waals surface area contributed by atoms with Crippen molar-refractivity contribution in [2.24, 2.45) is 0 Å². The first-order valence-corrected chi connectivity index (χ1v) is 12.7. The first-order valence-electron chi connectivity index (χ1n) is 11.9. The topological polar surface area (TPSA) is 45.3 Å². The number of rotatable bonds is 10. The van der Waals surface area contributed by atoms with E-state index in [1.807, 2.05) is 14.1 Å². The molecule has 0 aliphatic carbocycles. The van der Waals surface area contributed by atoms with Crippen LogP contribution in [0.5, 0.6) is 5.75 Å². The summed E-state index contributed by atoms with van der Waals surface area (Å²) in [5, 5.41) is 0. The molecule has 6 nitrogen and oxygen atoms in total. The minimum absolute atomic E-state index is 0.00632. The molecule has 0 N–H and O–H groups in total. The van der Waals surface area contributed by atoms with Crippen LogP contribution < -0.4 is 4.74 Å². The molecule has 2 aromatic rings. The Bertz CT molecular complexity index is 959. The second-order valence-electron chi connectivity index (χ2n) is 9.24. The van der Waals surface area contributed by atoms with Crippen molar-refractivity contribution in [1.29, 1.82) is 0 Å². The van der Waals surface area contributed by atoms with Crippen molar-refractivity contribution in [3.8, 4) is 5.75 Å². The van der Waals surface area contributed by atoms with Crippen molar-refractivity contribution in [3.63, 3.8) is 0 Å². The molecule has 0 saturated carbocycles. The van der Waals surface area contributed by atoms with Gasteiger partial charge in [-0.15, -0.1) is 0 Å². The quantitative estimate of drug-likeness (QED) is 0.375. The van der Waals surface area contributed by atoms with Gasteiger partial charge >= 0.3 is 0 Å². The molecule has 7 heteroatoms. The number of hydrogen-bond acceptors (Lipinski definition) is 6. The van der Waals surface area contributed by atoms with Gasteiger partial charge in [0.2, 0.25) is 5.91 Å². The van der Waals surface area contributed by atoms with Crippen molar-refractivity contribution in [2.45, 2.75) is 38.1 Å². The Morgan fingerprint density at radius 3 is 2.41 bits per heavy atom. The SMILES string of the molecule is COc1cc(C)c(SN(C)CCOCC(=O)N(C)Cc2ccc3c(c2)CCN(C)CC3)c(C)c1. The lowest BCUT2D eigenvalue weighted by Gasteiger charge is -2.20. The first-order chi connectivity index (χ1) is 16.3. The molecule has 0 aromatic heterocycles. The first kappa shape index (κ1) is 26.5. The van der Waals surface area contributed by atoms with Gasteiger partial charge in [-0.3, -0.25) is 4.79 Å². The summed E-state index contributed by atoms with van der Waals surface area (Å²) in [7, 11) is 7.76. The van der Waals surface area contributed by atoms with Crippen molar-refractivity contribution in [3.05, 3.63) is 58.1 Å². The summed E-state index contributed by atoms with van der Waals surface area (Å²) < 4.78 is 13.2. The average molecular weight is 486 g/mol. The predicted molar refractivity (Wildman–Crippen MR) is 140 cm³/mol. The van der Waals surface area contributed by atoms with Gasteiger partial charge < -0.3 is 19.3 Å². The number of amides is 1.